The van der Waals surface area contributed by atoms with Crippen LogP contribution >= 0.6 is 0 Å². The fourth-order valence-electron chi connectivity index (χ4n) is 3.89. The number of benzene rings is 1. The Morgan fingerprint density at radius 1 is 1.17 bits per heavy atom. The first-order chi connectivity index (χ1) is 14.2. The topological polar surface area (TPSA) is 65.7 Å². The number of nitrogens with zero attached hydrogens (tertiary/aromatic N) is 3. The van der Waals surface area contributed by atoms with Gasteiger partial charge in [-0.1, -0.05) is 37.2 Å². The molecule has 2 aromatic rings. The van der Waals surface area contributed by atoms with Crippen molar-refractivity contribution in [1.82, 2.24) is 15.8 Å². The summed E-state index contributed by atoms with van der Waals surface area (Å²) in [6, 6.07) is 13.1. The van der Waals surface area contributed by atoms with Crippen LogP contribution in [0.15, 0.2) is 45.9 Å². The van der Waals surface area contributed by atoms with E-state index in [2.05, 4.69) is 77.9 Å². The van der Waals surface area contributed by atoms with Gasteiger partial charge in [0.15, 0.2) is 11.7 Å². The number of hydrogen-bond acceptors (Lipinski definition) is 4. The van der Waals surface area contributed by atoms with Gasteiger partial charge in [-0.3, -0.25) is 0 Å². The summed E-state index contributed by atoms with van der Waals surface area (Å²) in [7, 11) is 0. The summed E-state index contributed by atoms with van der Waals surface area (Å²) in [5.74, 6) is 2.15. The van der Waals surface area contributed by atoms with Crippen LogP contribution in [-0.2, 0) is 6.54 Å². The van der Waals surface area contributed by atoms with E-state index in [1.807, 2.05) is 0 Å². The number of rotatable bonds is 8. The largest absolute Gasteiger partial charge is 0.371 e. The van der Waals surface area contributed by atoms with E-state index in [4.69, 9.17) is 9.52 Å². The molecule has 1 aromatic carbocycles. The lowest BCUT2D eigenvalue weighted by Gasteiger charge is -2.34. The molecular weight excluding hydrogens is 362 g/mol. The van der Waals surface area contributed by atoms with Gasteiger partial charge >= 0.3 is 0 Å². The number of para-hydroxylation sites is 1. The van der Waals surface area contributed by atoms with Gasteiger partial charge in [0, 0.05) is 43.3 Å². The minimum atomic E-state index is 0.433. The number of aromatic nitrogens is 1. The Labute approximate surface area is 174 Å². The fraction of sp³-hybridized carbons (Fsp3) is 0.565. The molecule has 1 aliphatic rings. The van der Waals surface area contributed by atoms with Crippen molar-refractivity contribution in [3.63, 3.8) is 0 Å². The first kappa shape index (κ1) is 21.2. The molecule has 0 amide bonds. The van der Waals surface area contributed by atoms with Crippen molar-refractivity contribution in [1.29, 1.82) is 0 Å². The molecule has 0 unspecified atom stereocenters. The molecule has 158 valence electrons. The highest BCUT2D eigenvalue weighted by Crippen LogP contribution is 2.23. The van der Waals surface area contributed by atoms with Crippen molar-refractivity contribution in [2.75, 3.05) is 24.5 Å². The summed E-state index contributed by atoms with van der Waals surface area (Å²) >= 11 is 0. The van der Waals surface area contributed by atoms with E-state index >= 15 is 0 Å². The highest BCUT2D eigenvalue weighted by atomic mass is 16.5. The Balaban J connectivity index is 1.53. The molecule has 29 heavy (non-hydrogen) atoms. The van der Waals surface area contributed by atoms with Crippen molar-refractivity contribution >= 4 is 11.6 Å². The molecule has 0 bridgehead atoms. The first-order valence-corrected chi connectivity index (χ1v) is 11.0. The third-order valence-corrected chi connectivity index (χ3v) is 5.68. The minimum absolute atomic E-state index is 0.433. The fourth-order valence-corrected chi connectivity index (χ4v) is 3.89. The third-order valence-electron chi connectivity index (χ3n) is 5.68. The van der Waals surface area contributed by atoms with E-state index in [1.54, 1.807) is 0 Å². The Hall–Kier alpha value is -2.50. The Morgan fingerprint density at radius 3 is 2.55 bits per heavy atom. The number of piperidine rings is 1. The molecule has 1 aromatic heterocycles. The van der Waals surface area contributed by atoms with Crippen molar-refractivity contribution in [2.45, 2.75) is 65.0 Å². The van der Waals surface area contributed by atoms with Crippen LogP contribution in [0.25, 0.3) is 0 Å². The highest BCUT2D eigenvalue weighted by molar-refractivity contribution is 5.80. The maximum Gasteiger partial charge on any atom is 0.191 e. The van der Waals surface area contributed by atoms with Gasteiger partial charge in [-0.2, -0.15) is 0 Å². The van der Waals surface area contributed by atoms with Crippen LogP contribution in [0, 0.1) is 0 Å². The Morgan fingerprint density at radius 2 is 1.90 bits per heavy atom. The number of anilines is 1. The third kappa shape index (κ3) is 5.99. The second-order valence-corrected chi connectivity index (χ2v) is 7.67. The zero-order valence-electron chi connectivity index (χ0n) is 18.0. The highest BCUT2D eigenvalue weighted by Gasteiger charge is 2.20. The Kier molecular flexibility index (Phi) is 7.96. The van der Waals surface area contributed by atoms with E-state index in [9.17, 15) is 0 Å². The number of aliphatic imine (C=N–C) groups is 1. The van der Waals surface area contributed by atoms with Crippen LogP contribution in [0.1, 0.15) is 63.8 Å². The van der Waals surface area contributed by atoms with Crippen LogP contribution < -0.4 is 15.5 Å². The molecule has 2 N–H and O–H groups in total. The van der Waals surface area contributed by atoms with Crippen LogP contribution in [0.5, 0.6) is 0 Å². The molecule has 0 aliphatic carbocycles. The quantitative estimate of drug-likeness (QED) is 0.513. The van der Waals surface area contributed by atoms with Gasteiger partial charge in [-0.15, -0.1) is 0 Å². The molecule has 0 saturated carbocycles. The minimum Gasteiger partial charge on any atom is -0.371 e. The molecule has 1 aliphatic heterocycles. The molecule has 1 fully saturated rings. The van der Waals surface area contributed by atoms with Crippen molar-refractivity contribution in [2.24, 2.45) is 4.99 Å². The normalized spacial score (nSPS) is 15.7. The van der Waals surface area contributed by atoms with Gasteiger partial charge in [-0.25, -0.2) is 4.99 Å². The molecule has 2 heterocycles. The summed E-state index contributed by atoms with van der Waals surface area (Å²) in [5.41, 5.74) is 2.36. The molecular formula is C23H35N5O. The number of nitrogens with one attached hydrogen (secondary N) is 2. The van der Waals surface area contributed by atoms with Gasteiger partial charge in [0.1, 0.15) is 6.54 Å². The summed E-state index contributed by atoms with van der Waals surface area (Å²) in [4.78, 5) is 7.18. The van der Waals surface area contributed by atoms with Gasteiger partial charge in [-0.05, 0) is 44.7 Å². The molecule has 0 atom stereocenters. The maximum absolute atomic E-state index is 5.51. The molecule has 1 saturated heterocycles. The van der Waals surface area contributed by atoms with E-state index in [-0.39, 0.29) is 0 Å². The lowest BCUT2D eigenvalue weighted by molar-refractivity contribution is 0.372. The average molecular weight is 398 g/mol. The smallest absolute Gasteiger partial charge is 0.191 e. The predicted octanol–water partition coefficient (Wildman–Crippen LogP) is 4.30. The van der Waals surface area contributed by atoms with Crippen LogP contribution in [0.4, 0.5) is 5.69 Å². The molecule has 3 rings (SSSR count). The van der Waals surface area contributed by atoms with Gasteiger partial charge in [0.05, 0.1) is 5.69 Å². The van der Waals surface area contributed by atoms with E-state index < -0.39 is 0 Å². The predicted molar refractivity (Wildman–Crippen MR) is 119 cm³/mol. The molecule has 6 nitrogen and oxygen atoms in total. The monoisotopic (exact) mass is 397 g/mol. The molecule has 0 radical (unpaired) electrons. The standard InChI is InChI=1S/C23H35N5O/c1-4-18(5-2)22-16-21(29-27-22)17-25-23(24-6-3)26-19-12-14-28(15-13-19)20-10-8-7-9-11-20/h7-11,16,18-19H,4-6,12-15,17H2,1-3H3,(H2,24,25,26). The number of hydrogen-bond donors (Lipinski definition) is 2. The summed E-state index contributed by atoms with van der Waals surface area (Å²) in [5, 5.41) is 11.2. The van der Waals surface area contributed by atoms with E-state index in [0.717, 1.165) is 62.7 Å². The van der Waals surface area contributed by atoms with Crippen molar-refractivity contribution in [3.05, 3.63) is 47.9 Å². The molecule has 0 spiro atoms. The van der Waals surface area contributed by atoms with Crippen LogP contribution in [0.3, 0.4) is 0 Å². The summed E-state index contributed by atoms with van der Waals surface area (Å²) in [6.45, 7) is 9.93. The zero-order chi connectivity index (χ0) is 20.5. The summed E-state index contributed by atoms with van der Waals surface area (Å²) < 4.78 is 5.51. The summed E-state index contributed by atoms with van der Waals surface area (Å²) in [6.07, 6.45) is 4.36. The van der Waals surface area contributed by atoms with Gasteiger partial charge < -0.3 is 20.1 Å². The van der Waals surface area contributed by atoms with Gasteiger partial charge in [0.25, 0.3) is 0 Å². The van der Waals surface area contributed by atoms with E-state index in [1.165, 1.54) is 5.69 Å². The van der Waals surface area contributed by atoms with Crippen molar-refractivity contribution < 1.29 is 4.52 Å². The maximum atomic E-state index is 5.51. The van der Waals surface area contributed by atoms with Gasteiger partial charge in [0.2, 0.25) is 0 Å². The Bertz CT molecular complexity index is 746. The van der Waals surface area contributed by atoms with Crippen LogP contribution in [0.2, 0.25) is 0 Å². The zero-order valence-corrected chi connectivity index (χ0v) is 18.0. The average Bonchev–Trinajstić information content (AvgIpc) is 3.23. The lowest BCUT2D eigenvalue weighted by atomic mass is 9.99. The SMILES string of the molecule is CCNC(=NCc1cc(C(CC)CC)no1)NC1CCN(c2ccccc2)CC1. The second kappa shape index (κ2) is 10.9. The second-order valence-electron chi connectivity index (χ2n) is 7.67. The lowest BCUT2D eigenvalue weighted by Crippen LogP contribution is -2.48. The van der Waals surface area contributed by atoms with Crippen molar-refractivity contribution in [3.8, 4) is 0 Å². The van der Waals surface area contributed by atoms with E-state index in [0.29, 0.717) is 18.5 Å². The first-order valence-electron chi connectivity index (χ1n) is 11.0. The number of guanidine groups is 1. The van der Waals surface area contributed by atoms with Crippen LogP contribution in [-0.4, -0.2) is 36.8 Å². The molecule has 6 heteroatoms.